The van der Waals surface area contributed by atoms with Gasteiger partial charge in [-0.1, -0.05) is 0 Å². The maximum atomic E-state index is 13.2. The van der Waals surface area contributed by atoms with Gasteiger partial charge in [0, 0.05) is 12.1 Å². The number of piperidine rings is 1. The van der Waals surface area contributed by atoms with Crippen molar-refractivity contribution in [1.82, 2.24) is 4.90 Å². The van der Waals surface area contributed by atoms with Gasteiger partial charge in [0.2, 0.25) is 0 Å². The van der Waals surface area contributed by atoms with E-state index in [9.17, 15) is 4.39 Å². The Bertz CT molecular complexity index is 417. The molecule has 1 heterocycles. The number of likely N-dealkylation sites (tertiary alicyclic amines) is 1. The van der Waals surface area contributed by atoms with Crippen LogP contribution in [0.15, 0.2) is 18.2 Å². The summed E-state index contributed by atoms with van der Waals surface area (Å²) in [6, 6.07) is 5.00. The second kappa shape index (κ2) is 6.24. The first-order valence-corrected chi connectivity index (χ1v) is 6.88. The van der Waals surface area contributed by atoms with E-state index in [-0.39, 0.29) is 5.82 Å². The van der Waals surface area contributed by atoms with E-state index in [0.29, 0.717) is 17.7 Å². The minimum absolute atomic E-state index is 0.269. The third-order valence-electron chi connectivity index (χ3n) is 4.02. The van der Waals surface area contributed by atoms with Crippen LogP contribution < -0.4 is 10.1 Å². The van der Waals surface area contributed by atoms with Crippen LogP contribution in [0, 0.1) is 11.7 Å². The van der Waals surface area contributed by atoms with E-state index in [4.69, 9.17) is 4.74 Å². The Hall–Kier alpha value is -1.29. The summed E-state index contributed by atoms with van der Waals surface area (Å²) in [5.74, 6) is 0.958. The molecule has 1 fully saturated rings. The van der Waals surface area contributed by atoms with Gasteiger partial charge in [0.25, 0.3) is 0 Å². The summed E-state index contributed by atoms with van der Waals surface area (Å²) in [6.07, 6.45) is 2.41. The van der Waals surface area contributed by atoms with E-state index in [1.165, 1.54) is 25.0 Å². The Morgan fingerprint density at radius 2 is 2.05 bits per heavy atom. The summed E-state index contributed by atoms with van der Waals surface area (Å²) in [5, 5.41) is 3.46. The van der Waals surface area contributed by atoms with Gasteiger partial charge in [-0.15, -0.1) is 0 Å². The van der Waals surface area contributed by atoms with Crippen molar-refractivity contribution in [2.45, 2.75) is 25.8 Å². The van der Waals surface area contributed by atoms with Crippen LogP contribution in [0.3, 0.4) is 0 Å². The monoisotopic (exact) mass is 266 g/mol. The molecule has 0 spiro atoms. The largest absolute Gasteiger partial charge is 0.494 e. The summed E-state index contributed by atoms with van der Waals surface area (Å²) in [4.78, 5) is 2.36. The lowest BCUT2D eigenvalue weighted by molar-refractivity contribution is 0.208. The van der Waals surface area contributed by atoms with Crippen LogP contribution in [-0.2, 0) is 0 Å². The fraction of sp³-hybridized carbons (Fsp3) is 0.600. The van der Waals surface area contributed by atoms with E-state index in [2.05, 4.69) is 24.2 Å². The maximum absolute atomic E-state index is 13.2. The van der Waals surface area contributed by atoms with Crippen molar-refractivity contribution >= 4 is 5.69 Å². The number of rotatable bonds is 4. The van der Waals surface area contributed by atoms with Crippen LogP contribution in [0.4, 0.5) is 10.1 Å². The summed E-state index contributed by atoms with van der Waals surface area (Å²) in [6.45, 7) is 4.49. The average Bonchev–Trinajstić information content (AvgIpc) is 2.41. The highest BCUT2D eigenvalue weighted by Gasteiger charge is 2.22. The third kappa shape index (κ3) is 3.60. The highest BCUT2D eigenvalue weighted by molar-refractivity contribution is 5.57. The van der Waals surface area contributed by atoms with Crippen molar-refractivity contribution in [3.63, 3.8) is 0 Å². The van der Waals surface area contributed by atoms with Gasteiger partial charge in [0.05, 0.1) is 12.8 Å². The summed E-state index contributed by atoms with van der Waals surface area (Å²) in [5.41, 5.74) is 0.871. The molecule has 3 nitrogen and oxygen atoms in total. The topological polar surface area (TPSA) is 24.5 Å². The molecule has 0 saturated carbocycles. The number of nitrogens with zero attached hydrogens (tertiary/aromatic N) is 1. The Labute approximate surface area is 114 Å². The summed E-state index contributed by atoms with van der Waals surface area (Å²) >= 11 is 0. The second-order valence-electron chi connectivity index (χ2n) is 5.42. The number of methoxy groups -OCH3 is 1. The Morgan fingerprint density at radius 1 is 1.37 bits per heavy atom. The fourth-order valence-electron chi connectivity index (χ4n) is 2.68. The molecule has 1 aromatic rings. The molecule has 2 rings (SSSR count). The Morgan fingerprint density at radius 3 is 2.68 bits per heavy atom. The van der Waals surface area contributed by atoms with E-state index < -0.39 is 0 Å². The first kappa shape index (κ1) is 14.1. The number of hydrogen-bond acceptors (Lipinski definition) is 3. The predicted octanol–water partition coefficient (Wildman–Crippen LogP) is 2.98. The molecule has 1 saturated heterocycles. The van der Waals surface area contributed by atoms with Crippen LogP contribution in [0.5, 0.6) is 5.75 Å². The van der Waals surface area contributed by atoms with Gasteiger partial charge in [-0.05, 0) is 58.0 Å². The molecule has 1 aromatic carbocycles. The first-order valence-electron chi connectivity index (χ1n) is 6.88. The van der Waals surface area contributed by atoms with Gasteiger partial charge >= 0.3 is 0 Å². The molecule has 0 amide bonds. The van der Waals surface area contributed by atoms with Crippen molar-refractivity contribution in [3.8, 4) is 5.75 Å². The molecule has 4 heteroatoms. The molecule has 0 radical (unpaired) electrons. The molecule has 1 unspecified atom stereocenters. The molecule has 1 aliphatic heterocycles. The lowest BCUT2D eigenvalue weighted by Crippen LogP contribution is -2.37. The van der Waals surface area contributed by atoms with Gasteiger partial charge in [-0.2, -0.15) is 0 Å². The molecule has 0 aromatic heterocycles. The predicted molar refractivity (Wildman–Crippen MR) is 76.3 cm³/mol. The quantitative estimate of drug-likeness (QED) is 0.906. The van der Waals surface area contributed by atoms with Crippen LogP contribution in [0.1, 0.15) is 19.8 Å². The zero-order valence-corrected chi connectivity index (χ0v) is 11.9. The van der Waals surface area contributed by atoms with Gasteiger partial charge in [0.1, 0.15) is 11.6 Å². The standard InChI is InChI=1S/C15H23FN2O/c1-11(12-6-8-18(2)9-7-12)17-14-5-4-13(16)10-15(14)19-3/h4-5,10-12,17H,6-9H2,1-3H3. The first-order chi connectivity index (χ1) is 9.10. The Kier molecular flexibility index (Phi) is 4.64. The molecule has 0 aliphatic carbocycles. The molecule has 0 bridgehead atoms. The minimum atomic E-state index is -0.269. The minimum Gasteiger partial charge on any atom is -0.494 e. The number of nitrogens with one attached hydrogen (secondary N) is 1. The summed E-state index contributed by atoms with van der Waals surface area (Å²) in [7, 11) is 3.73. The van der Waals surface area contributed by atoms with E-state index >= 15 is 0 Å². The van der Waals surface area contributed by atoms with Crippen LogP contribution >= 0.6 is 0 Å². The van der Waals surface area contributed by atoms with Gasteiger partial charge in [-0.25, -0.2) is 4.39 Å². The zero-order chi connectivity index (χ0) is 13.8. The fourth-order valence-corrected chi connectivity index (χ4v) is 2.68. The SMILES string of the molecule is COc1cc(F)ccc1NC(C)C1CCN(C)CC1. The van der Waals surface area contributed by atoms with Crippen molar-refractivity contribution < 1.29 is 9.13 Å². The normalized spacial score (nSPS) is 19.2. The lowest BCUT2D eigenvalue weighted by Gasteiger charge is -2.33. The van der Waals surface area contributed by atoms with Crippen molar-refractivity contribution in [2.24, 2.45) is 5.92 Å². The molecule has 1 atom stereocenters. The molecule has 106 valence electrons. The molecule has 19 heavy (non-hydrogen) atoms. The lowest BCUT2D eigenvalue weighted by atomic mass is 9.90. The highest BCUT2D eigenvalue weighted by Crippen LogP contribution is 2.28. The number of ether oxygens (including phenoxy) is 1. The smallest absolute Gasteiger partial charge is 0.144 e. The van der Waals surface area contributed by atoms with E-state index in [1.807, 2.05) is 0 Å². The second-order valence-corrected chi connectivity index (χ2v) is 5.42. The molecular formula is C15H23FN2O. The van der Waals surface area contributed by atoms with Crippen molar-refractivity contribution in [3.05, 3.63) is 24.0 Å². The van der Waals surface area contributed by atoms with Gasteiger partial charge < -0.3 is 15.0 Å². The van der Waals surface area contributed by atoms with Crippen LogP contribution in [-0.4, -0.2) is 38.2 Å². The maximum Gasteiger partial charge on any atom is 0.144 e. The number of anilines is 1. The summed E-state index contributed by atoms with van der Waals surface area (Å²) < 4.78 is 18.4. The van der Waals surface area contributed by atoms with Gasteiger partial charge in [-0.3, -0.25) is 0 Å². The number of hydrogen-bond donors (Lipinski definition) is 1. The highest BCUT2D eigenvalue weighted by atomic mass is 19.1. The molecule has 1 aliphatic rings. The van der Waals surface area contributed by atoms with Gasteiger partial charge in [0.15, 0.2) is 0 Å². The van der Waals surface area contributed by atoms with E-state index in [1.54, 1.807) is 13.2 Å². The molecular weight excluding hydrogens is 243 g/mol. The van der Waals surface area contributed by atoms with E-state index in [0.717, 1.165) is 18.8 Å². The van der Waals surface area contributed by atoms with Crippen LogP contribution in [0.25, 0.3) is 0 Å². The number of halogens is 1. The zero-order valence-electron chi connectivity index (χ0n) is 11.9. The van der Waals surface area contributed by atoms with Crippen LogP contribution in [0.2, 0.25) is 0 Å². The average molecular weight is 266 g/mol. The van der Waals surface area contributed by atoms with Crippen molar-refractivity contribution in [1.29, 1.82) is 0 Å². The third-order valence-corrected chi connectivity index (χ3v) is 4.02. The number of benzene rings is 1. The molecule has 1 N–H and O–H groups in total. The van der Waals surface area contributed by atoms with Crippen molar-refractivity contribution in [2.75, 3.05) is 32.6 Å². The Balaban J connectivity index is 2.00.